The van der Waals surface area contributed by atoms with Crippen molar-refractivity contribution in [1.29, 1.82) is 0 Å². The largest absolute Gasteiger partial charge is 0.361 e. The molecule has 0 bridgehead atoms. The molecule has 138 valence electrons. The third-order valence-corrected chi connectivity index (χ3v) is 5.04. The predicted octanol–water partition coefficient (Wildman–Crippen LogP) is 5.22. The Morgan fingerprint density at radius 1 is 1.15 bits per heavy atom. The topological polar surface area (TPSA) is 93.0 Å². The molecule has 26 heavy (non-hydrogen) atoms. The minimum absolute atomic E-state index is 0.145. The van der Waals surface area contributed by atoms with E-state index in [1.807, 2.05) is 19.1 Å². The van der Waals surface area contributed by atoms with Gasteiger partial charge in [-0.2, -0.15) is 0 Å². The molecular formula is C18H22ClN5O2. The molecular weight excluding hydrogens is 354 g/mol. The third kappa shape index (κ3) is 4.40. The SMILES string of the molecule is Cc1ccc(Nc2ncnc(NC3CCCCCC3)c2[N+](=O)[O-])cc1Cl. The zero-order valence-electron chi connectivity index (χ0n) is 14.7. The lowest BCUT2D eigenvalue weighted by Crippen LogP contribution is -2.20. The average molecular weight is 376 g/mol. The second-order valence-corrected chi connectivity index (χ2v) is 7.01. The normalized spacial score (nSPS) is 15.3. The molecule has 0 amide bonds. The van der Waals surface area contributed by atoms with Crippen molar-refractivity contribution in [3.63, 3.8) is 0 Å². The van der Waals surface area contributed by atoms with Crippen LogP contribution in [0.15, 0.2) is 24.5 Å². The number of hydrogen-bond acceptors (Lipinski definition) is 6. The van der Waals surface area contributed by atoms with Crippen LogP contribution in [0.1, 0.15) is 44.1 Å². The highest BCUT2D eigenvalue weighted by molar-refractivity contribution is 6.31. The number of nitro groups is 1. The Morgan fingerprint density at radius 2 is 1.85 bits per heavy atom. The molecule has 1 aliphatic rings. The first kappa shape index (κ1) is 18.4. The highest BCUT2D eigenvalue weighted by Gasteiger charge is 2.25. The molecule has 8 heteroatoms. The summed E-state index contributed by atoms with van der Waals surface area (Å²) < 4.78 is 0. The van der Waals surface area contributed by atoms with Crippen molar-refractivity contribution in [3.8, 4) is 0 Å². The molecule has 1 aliphatic carbocycles. The van der Waals surface area contributed by atoms with E-state index < -0.39 is 4.92 Å². The molecule has 2 aromatic rings. The van der Waals surface area contributed by atoms with Crippen molar-refractivity contribution >= 4 is 34.6 Å². The number of hydrogen-bond donors (Lipinski definition) is 2. The van der Waals surface area contributed by atoms with E-state index in [0.717, 1.165) is 31.2 Å². The van der Waals surface area contributed by atoms with Gasteiger partial charge in [0.2, 0.25) is 11.6 Å². The molecule has 0 spiro atoms. The van der Waals surface area contributed by atoms with Crippen LogP contribution in [0.2, 0.25) is 5.02 Å². The van der Waals surface area contributed by atoms with Crippen LogP contribution >= 0.6 is 11.6 Å². The minimum atomic E-state index is -0.447. The molecule has 0 unspecified atom stereocenters. The molecule has 3 rings (SSSR count). The van der Waals surface area contributed by atoms with Gasteiger partial charge < -0.3 is 10.6 Å². The van der Waals surface area contributed by atoms with E-state index in [-0.39, 0.29) is 23.4 Å². The van der Waals surface area contributed by atoms with E-state index in [4.69, 9.17) is 11.6 Å². The van der Waals surface area contributed by atoms with E-state index >= 15 is 0 Å². The highest BCUT2D eigenvalue weighted by Crippen LogP contribution is 2.33. The molecule has 0 saturated heterocycles. The van der Waals surface area contributed by atoms with Gasteiger partial charge in [0.05, 0.1) is 4.92 Å². The molecule has 2 N–H and O–H groups in total. The Balaban J connectivity index is 1.87. The summed E-state index contributed by atoms with van der Waals surface area (Å²) in [5.74, 6) is 0.415. The zero-order valence-corrected chi connectivity index (χ0v) is 15.4. The summed E-state index contributed by atoms with van der Waals surface area (Å²) >= 11 is 6.14. The molecule has 0 radical (unpaired) electrons. The maximum atomic E-state index is 11.7. The Morgan fingerprint density at radius 3 is 2.50 bits per heavy atom. The van der Waals surface area contributed by atoms with Crippen molar-refractivity contribution in [2.24, 2.45) is 0 Å². The van der Waals surface area contributed by atoms with Crippen LogP contribution in [0.3, 0.4) is 0 Å². The first-order chi connectivity index (χ1) is 12.5. The fraction of sp³-hybridized carbons (Fsp3) is 0.444. The van der Waals surface area contributed by atoms with Crippen LogP contribution in [-0.4, -0.2) is 20.9 Å². The summed E-state index contributed by atoms with van der Waals surface area (Å²) in [6.45, 7) is 1.90. The molecule has 1 aromatic heterocycles. The van der Waals surface area contributed by atoms with Gasteiger partial charge in [0.25, 0.3) is 0 Å². The molecule has 1 aromatic carbocycles. The number of benzene rings is 1. The summed E-state index contributed by atoms with van der Waals surface area (Å²) in [6.07, 6.45) is 8.02. The van der Waals surface area contributed by atoms with Crippen molar-refractivity contribution < 1.29 is 4.92 Å². The average Bonchev–Trinajstić information content (AvgIpc) is 2.87. The van der Waals surface area contributed by atoms with Crippen LogP contribution in [0.25, 0.3) is 0 Å². The standard InChI is InChI=1S/C18H22ClN5O2/c1-12-8-9-14(10-15(12)19)23-18-16(24(25)26)17(20-11-21-18)22-13-6-4-2-3-5-7-13/h8-11,13H,2-7H2,1H3,(H2,20,21,22,23). The summed E-state index contributed by atoms with van der Waals surface area (Å²) in [4.78, 5) is 19.4. The first-order valence-electron chi connectivity index (χ1n) is 8.83. The van der Waals surface area contributed by atoms with Gasteiger partial charge in [-0.1, -0.05) is 43.4 Å². The van der Waals surface area contributed by atoms with E-state index in [2.05, 4.69) is 20.6 Å². The summed E-state index contributed by atoms with van der Waals surface area (Å²) in [7, 11) is 0. The number of nitrogens with one attached hydrogen (secondary N) is 2. The molecule has 1 heterocycles. The Hall–Kier alpha value is -2.41. The molecule has 1 saturated carbocycles. The van der Waals surface area contributed by atoms with Crippen LogP contribution in [-0.2, 0) is 0 Å². The number of aryl methyl sites for hydroxylation is 1. The maximum Gasteiger partial charge on any atom is 0.353 e. The van der Waals surface area contributed by atoms with E-state index in [1.165, 1.54) is 19.2 Å². The number of halogens is 1. The Kier molecular flexibility index (Phi) is 5.88. The number of rotatable bonds is 5. The van der Waals surface area contributed by atoms with Crippen LogP contribution in [0.5, 0.6) is 0 Å². The van der Waals surface area contributed by atoms with Gasteiger partial charge >= 0.3 is 5.69 Å². The van der Waals surface area contributed by atoms with Crippen molar-refractivity contribution in [3.05, 3.63) is 45.2 Å². The van der Waals surface area contributed by atoms with Crippen LogP contribution in [0, 0.1) is 17.0 Å². The van der Waals surface area contributed by atoms with Crippen molar-refractivity contribution in [1.82, 2.24) is 9.97 Å². The van der Waals surface area contributed by atoms with Crippen LogP contribution < -0.4 is 10.6 Å². The minimum Gasteiger partial charge on any atom is -0.361 e. The molecule has 7 nitrogen and oxygen atoms in total. The molecule has 0 atom stereocenters. The van der Waals surface area contributed by atoms with E-state index in [9.17, 15) is 10.1 Å². The van der Waals surface area contributed by atoms with E-state index in [1.54, 1.807) is 6.07 Å². The van der Waals surface area contributed by atoms with Gasteiger partial charge in [-0.25, -0.2) is 9.97 Å². The number of aromatic nitrogens is 2. The first-order valence-corrected chi connectivity index (χ1v) is 9.21. The quantitative estimate of drug-likeness (QED) is 0.422. The van der Waals surface area contributed by atoms with Gasteiger partial charge in [0.1, 0.15) is 6.33 Å². The summed E-state index contributed by atoms with van der Waals surface area (Å²) in [5, 5.41) is 18.5. The lowest BCUT2D eigenvalue weighted by Gasteiger charge is -2.17. The van der Waals surface area contributed by atoms with Gasteiger partial charge in [0, 0.05) is 16.8 Å². The van der Waals surface area contributed by atoms with Gasteiger partial charge in [0.15, 0.2) is 0 Å². The van der Waals surface area contributed by atoms with Gasteiger partial charge in [-0.15, -0.1) is 0 Å². The predicted molar refractivity (Wildman–Crippen MR) is 103 cm³/mol. The molecule has 0 aliphatic heterocycles. The lowest BCUT2D eigenvalue weighted by molar-refractivity contribution is -0.383. The van der Waals surface area contributed by atoms with Gasteiger partial charge in [-0.3, -0.25) is 10.1 Å². The zero-order chi connectivity index (χ0) is 18.5. The fourth-order valence-corrected chi connectivity index (χ4v) is 3.35. The number of anilines is 3. The molecule has 1 fully saturated rings. The second kappa shape index (κ2) is 8.31. The van der Waals surface area contributed by atoms with Crippen LogP contribution in [0.4, 0.5) is 23.0 Å². The van der Waals surface area contributed by atoms with Crippen molar-refractivity contribution in [2.45, 2.75) is 51.5 Å². The monoisotopic (exact) mass is 375 g/mol. The summed E-state index contributed by atoms with van der Waals surface area (Å²) in [6, 6.07) is 5.59. The third-order valence-electron chi connectivity index (χ3n) is 4.64. The van der Waals surface area contributed by atoms with Crippen molar-refractivity contribution in [2.75, 3.05) is 10.6 Å². The maximum absolute atomic E-state index is 11.7. The second-order valence-electron chi connectivity index (χ2n) is 6.60. The summed E-state index contributed by atoms with van der Waals surface area (Å²) in [5.41, 5.74) is 1.43. The Bertz CT molecular complexity index is 791. The Labute approximate surface area is 157 Å². The fourth-order valence-electron chi connectivity index (χ4n) is 3.17. The lowest BCUT2D eigenvalue weighted by atomic mass is 10.1. The number of nitrogens with zero attached hydrogens (tertiary/aromatic N) is 3. The smallest absolute Gasteiger partial charge is 0.353 e. The highest BCUT2D eigenvalue weighted by atomic mass is 35.5. The van der Waals surface area contributed by atoms with E-state index in [0.29, 0.717) is 10.7 Å². The van der Waals surface area contributed by atoms with Gasteiger partial charge in [-0.05, 0) is 37.5 Å².